The molecule has 1 aromatic heterocycles. The Labute approximate surface area is 201 Å². The van der Waals surface area contributed by atoms with Gasteiger partial charge in [-0.2, -0.15) is 15.5 Å². The molecule has 7 nitrogen and oxygen atoms in total. The van der Waals surface area contributed by atoms with E-state index < -0.39 is 5.41 Å². The van der Waals surface area contributed by atoms with Gasteiger partial charge in [0.1, 0.15) is 0 Å². The number of benzene rings is 1. The Kier molecular flexibility index (Phi) is 8.08. The molecule has 0 atom stereocenters. The highest BCUT2D eigenvalue weighted by atomic mass is 16.5. The van der Waals surface area contributed by atoms with Crippen LogP contribution in [0.1, 0.15) is 37.9 Å². The van der Waals surface area contributed by atoms with Gasteiger partial charge in [0, 0.05) is 41.9 Å². The number of aromatic nitrogens is 2. The van der Waals surface area contributed by atoms with Crippen LogP contribution < -0.4 is 5.32 Å². The van der Waals surface area contributed by atoms with E-state index in [1.165, 1.54) is 6.08 Å². The maximum absolute atomic E-state index is 9.26. The number of ether oxygens (including phenoxy) is 1. The Morgan fingerprint density at radius 3 is 2.62 bits per heavy atom. The molecule has 0 bridgehead atoms. The van der Waals surface area contributed by atoms with Crippen LogP contribution >= 0.6 is 0 Å². The van der Waals surface area contributed by atoms with Crippen molar-refractivity contribution >= 4 is 17.6 Å². The van der Waals surface area contributed by atoms with Crippen molar-refractivity contribution < 1.29 is 4.74 Å². The summed E-state index contributed by atoms with van der Waals surface area (Å²) in [6.45, 7) is 11.1. The largest absolute Gasteiger partial charge is 0.381 e. The van der Waals surface area contributed by atoms with Crippen molar-refractivity contribution in [1.29, 1.82) is 16.1 Å². The summed E-state index contributed by atoms with van der Waals surface area (Å²) >= 11 is 0. The number of nitrogens with one attached hydrogen (secondary N) is 3. The van der Waals surface area contributed by atoms with E-state index in [4.69, 9.17) is 15.6 Å². The number of hydrogen-bond acceptors (Lipinski definition) is 7. The third-order valence-corrected chi connectivity index (χ3v) is 6.12. The molecule has 3 N–H and O–H groups in total. The van der Waals surface area contributed by atoms with E-state index in [-0.39, 0.29) is 5.71 Å². The van der Waals surface area contributed by atoms with Crippen molar-refractivity contribution in [3.8, 4) is 17.3 Å². The number of anilines is 1. The number of nitrogens with zero attached hydrogens (tertiary/aromatic N) is 3. The number of allylic oxidation sites excluding steroid dienone is 2. The fourth-order valence-corrected chi connectivity index (χ4v) is 3.69. The molecule has 0 saturated carbocycles. The van der Waals surface area contributed by atoms with Gasteiger partial charge < -0.3 is 20.9 Å². The lowest BCUT2D eigenvalue weighted by atomic mass is 9.88. The standard InChI is InChI=1S/C27H32N6O/c1-18-5-6-22(31-19(2)21(16-28)14-26(30)27(3,4)17-29)15-24(18)25-8-7-23(32-33-25)13-20-9-11-34-12-10-20/h5-8,14-16,20,28,30-31H,2,9-13H2,1,3-4H3/b21-14+,28-16?,30-26?. The Hall–Kier alpha value is -3.63. The van der Waals surface area contributed by atoms with Crippen LogP contribution in [-0.2, 0) is 11.2 Å². The molecule has 34 heavy (non-hydrogen) atoms. The summed E-state index contributed by atoms with van der Waals surface area (Å²) in [5, 5.41) is 37.3. The minimum atomic E-state index is -0.943. The van der Waals surface area contributed by atoms with Crippen LogP contribution in [0.2, 0.25) is 0 Å². The molecule has 1 aliphatic heterocycles. The summed E-state index contributed by atoms with van der Waals surface area (Å²) in [5.74, 6) is 0.602. The van der Waals surface area contributed by atoms with E-state index in [2.05, 4.69) is 34.2 Å². The first-order valence-corrected chi connectivity index (χ1v) is 11.4. The Balaban J connectivity index is 1.75. The summed E-state index contributed by atoms with van der Waals surface area (Å²) < 4.78 is 5.44. The molecule has 0 aliphatic carbocycles. The van der Waals surface area contributed by atoms with Crippen molar-refractivity contribution in [2.75, 3.05) is 18.5 Å². The molecular formula is C27H32N6O. The van der Waals surface area contributed by atoms with Crippen LogP contribution in [0.3, 0.4) is 0 Å². The average molecular weight is 457 g/mol. The number of rotatable bonds is 9. The maximum Gasteiger partial charge on any atom is 0.0933 e. The molecule has 7 heteroatoms. The van der Waals surface area contributed by atoms with Crippen molar-refractivity contribution in [2.24, 2.45) is 11.3 Å². The van der Waals surface area contributed by atoms with Crippen LogP contribution in [0.25, 0.3) is 11.3 Å². The van der Waals surface area contributed by atoms with Gasteiger partial charge >= 0.3 is 0 Å². The Morgan fingerprint density at radius 1 is 1.26 bits per heavy atom. The van der Waals surface area contributed by atoms with E-state index in [0.29, 0.717) is 17.2 Å². The summed E-state index contributed by atoms with van der Waals surface area (Å²) in [4.78, 5) is 0. The van der Waals surface area contributed by atoms with Crippen LogP contribution in [0.4, 0.5) is 5.69 Å². The molecule has 0 spiro atoms. The molecule has 1 fully saturated rings. The summed E-state index contributed by atoms with van der Waals surface area (Å²) in [5.41, 5.74) is 4.71. The number of aryl methyl sites for hydroxylation is 1. The van der Waals surface area contributed by atoms with Crippen molar-refractivity contribution in [3.63, 3.8) is 0 Å². The van der Waals surface area contributed by atoms with Gasteiger partial charge in [-0.15, -0.1) is 0 Å². The van der Waals surface area contributed by atoms with E-state index in [1.807, 2.05) is 31.2 Å². The summed E-state index contributed by atoms with van der Waals surface area (Å²) in [6.07, 6.45) is 5.70. The minimum Gasteiger partial charge on any atom is -0.381 e. The predicted octanol–water partition coefficient (Wildman–Crippen LogP) is 5.49. The third kappa shape index (κ3) is 6.24. The van der Waals surface area contributed by atoms with Gasteiger partial charge in [-0.1, -0.05) is 12.6 Å². The number of nitriles is 1. The SMILES string of the molecule is C=C(Nc1ccc(C)c(-c2ccc(CC3CCOCC3)nn2)c1)/C(C=N)=C/C(=N)C(C)(C)C#N. The van der Waals surface area contributed by atoms with E-state index in [0.717, 1.165) is 66.9 Å². The van der Waals surface area contributed by atoms with Crippen molar-refractivity contribution in [3.05, 3.63) is 65.5 Å². The predicted molar refractivity (Wildman–Crippen MR) is 136 cm³/mol. The van der Waals surface area contributed by atoms with Gasteiger partial charge in [-0.05, 0) is 81.9 Å². The Bertz CT molecular complexity index is 1130. The van der Waals surface area contributed by atoms with Crippen molar-refractivity contribution in [2.45, 2.75) is 40.0 Å². The van der Waals surface area contributed by atoms with Crippen LogP contribution in [-0.4, -0.2) is 35.3 Å². The highest BCUT2D eigenvalue weighted by molar-refractivity contribution is 6.04. The fraction of sp³-hybridized carbons (Fsp3) is 0.370. The topological polar surface area (TPSA) is 119 Å². The zero-order valence-corrected chi connectivity index (χ0v) is 20.1. The first-order valence-electron chi connectivity index (χ1n) is 11.4. The van der Waals surface area contributed by atoms with Gasteiger partial charge in [0.2, 0.25) is 0 Å². The van der Waals surface area contributed by atoms with Gasteiger partial charge in [0.05, 0.1) is 28.6 Å². The van der Waals surface area contributed by atoms with Crippen LogP contribution in [0.15, 0.2) is 54.3 Å². The Morgan fingerprint density at radius 2 is 2.00 bits per heavy atom. The summed E-state index contributed by atoms with van der Waals surface area (Å²) in [6, 6.07) is 12.1. The molecule has 0 unspecified atom stereocenters. The maximum atomic E-state index is 9.26. The van der Waals surface area contributed by atoms with Gasteiger partial charge in [-0.3, -0.25) is 0 Å². The molecule has 2 aromatic rings. The average Bonchev–Trinajstić information content (AvgIpc) is 2.84. The lowest BCUT2D eigenvalue weighted by Crippen LogP contribution is -2.20. The highest BCUT2D eigenvalue weighted by Crippen LogP contribution is 2.27. The van der Waals surface area contributed by atoms with Gasteiger partial charge in [-0.25, -0.2) is 0 Å². The molecule has 0 radical (unpaired) electrons. The zero-order chi connectivity index (χ0) is 24.7. The molecule has 1 saturated heterocycles. The minimum absolute atomic E-state index is 0.122. The quantitative estimate of drug-likeness (QED) is 0.340. The third-order valence-electron chi connectivity index (χ3n) is 6.12. The number of hydrogen-bond donors (Lipinski definition) is 3. The molecule has 3 rings (SSSR count). The van der Waals surface area contributed by atoms with Gasteiger partial charge in [0.15, 0.2) is 0 Å². The second-order valence-corrected chi connectivity index (χ2v) is 9.20. The monoisotopic (exact) mass is 456 g/mol. The molecule has 1 aromatic carbocycles. The van der Waals surface area contributed by atoms with Gasteiger partial charge in [0.25, 0.3) is 0 Å². The normalized spacial score (nSPS) is 14.8. The molecule has 2 heterocycles. The lowest BCUT2D eigenvalue weighted by Gasteiger charge is -2.21. The fourth-order valence-electron chi connectivity index (χ4n) is 3.69. The first-order chi connectivity index (χ1) is 16.2. The van der Waals surface area contributed by atoms with E-state index >= 15 is 0 Å². The lowest BCUT2D eigenvalue weighted by molar-refractivity contribution is 0.0662. The second-order valence-electron chi connectivity index (χ2n) is 9.20. The van der Waals surface area contributed by atoms with Crippen LogP contribution in [0, 0.1) is 40.4 Å². The van der Waals surface area contributed by atoms with E-state index in [9.17, 15) is 5.26 Å². The molecule has 176 valence electrons. The van der Waals surface area contributed by atoms with Crippen molar-refractivity contribution in [1.82, 2.24) is 10.2 Å². The smallest absolute Gasteiger partial charge is 0.0933 e. The van der Waals surface area contributed by atoms with Crippen LogP contribution in [0.5, 0.6) is 0 Å². The molecule has 1 aliphatic rings. The first kappa shape index (κ1) is 25.0. The van der Waals surface area contributed by atoms with E-state index in [1.54, 1.807) is 13.8 Å². The molecular weight excluding hydrogens is 424 g/mol. The summed E-state index contributed by atoms with van der Waals surface area (Å²) in [7, 11) is 0. The highest BCUT2D eigenvalue weighted by Gasteiger charge is 2.22. The second kappa shape index (κ2) is 11.0. The zero-order valence-electron chi connectivity index (χ0n) is 20.1. The molecule has 0 amide bonds.